The first-order valence-corrected chi connectivity index (χ1v) is 7.71. The molecule has 0 radical (unpaired) electrons. The standard InChI is InChI=1S/C17H17N5O/c18-16(23)17(13-3-2-6-19-10-13)5-1-4-14(17)11-7-12-9-21-22-15(12)20-8-11/h2-3,6-10,14H,1,4-5H2,(H2,18,23)(H,20,21,22). The first-order valence-electron chi connectivity index (χ1n) is 7.71. The fourth-order valence-corrected chi connectivity index (χ4v) is 3.91. The van der Waals surface area contributed by atoms with Gasteiger partial charge in [-0.2, -0.15) is 5.10 Å². The molecule has 3 aromatic heterocycles. The van der Waals surface area contributed by atoms with Gasteiger partial charge in [0, 0.05) is 29.9 Å². The molecule has 6 nitrogen and oxygen atoms in total. The lowest BCUT2D eigenvalue weighted by Gasteiger charge is -2.33. The van der Waals surface area contributed by atoms with Crippen LogP contribution in [0.1, 0.15) is 36.3 Å². The average Bonchev–Trinajstić information content (AvgIpc) is 3.22. The number of aromatic amines is 1. The van der Waals surface area contributed by atoms with Crippen LogP contribution in [0.5, 0.6) is 0 Å². The Morgan fingerprint density at radius 3 is 3.04 bits per heavy atom. The number of hydrogen-bond acceptors (Lipinski definition) is 4. The number of carbonyl (C=O) groups excluding carboxylic acids is 1. The highest BCUT2D eigenvalue weighted by atomic mass is 16.1. The molecule has 4 rings (SSSR count). The molecule has 0 spiro atoms. The van der Waals surface area contributed by atoms with E-state index in [0.29, 0.717) is 0 Å². The fourth-order valence-electron chi connectivity index (χ4n) is 3.91. The summed E-state index contributed by atoms with van der Waals surface area (Å²) in [6.45, 7) is 0. The number of nitrogens with zero attached hydrogens (tertiary/aromatic N) is 3. The summed E-state index contributed by atoms with van der Waals surface area (Å²) in [6, 6.07) is 5.85. The third kappa shape index (κ3) is 2.02. The normalized spacial score (nSPS) is 24.1. The molecular weight excluding hydrogens is 290 g/mol. The third-order valence-corrected chi connectivity index (χ3v) is 4.99. The Bertz CT molecular complexity index is 860. The minimum Gasteiger partial charge on any atom is -0.369 e. The van der Waals surface area contributed by atoms with E-state index in [9.17, 15) is 4.79 Å². The zero-order chi connectivity index (χ0) is 15.9. The third-order valence-electron chi connectivity index (χ3n) is 4.99. The Labute approximate surface area is 133 Å². The SMILES string of the molecule is NC(=O)C1(c2cccnc2)CCCC1c1cnc2[nH]ncc2c1. The van der Waals surface area contributed by atoms with Crippen molar-refractivity contribution in [3.05, 3.63) is 54.1 Å². The Balaban J connectivity index is 1.87. The lowest BCUT2D eigenvalue weighted by Crippen LogP contribution is -2.43. The number of amides is 1. The van der Waals surface area contributed by atoms with Gasteiger partial charge in [0.25, 0.3) is 0 Å². The van der Waals surface area contributed by atoms with Gasteiger partial charge in [-0.25, -0.2) is 4.98 Å². The van der Waals surface area contributed by atoms with Crippen molar-refractivity contribution in [1.29, 1.82) is 0 Å². The highest BCUT2D eigenvalue weighted by molar-refractivity contribution is 5.89. The monoisotopic (exact) mass is 307 g/mol. The molecule has 1 saturated carbocycles. The number of H-pyrrole nitrogens is 1. The smallest absolute Gasteiger partial charge is 0.228 e. The van der Waals surface area contributed by atoms with E-state index in [1.165, 1.54) is 0 Å². The van der Waals surface area contributed by atoms with E-state index < -0.39 is 5.41 Å². The first-order chi connectivity index (χ1) is 11.2. The number of aromatic nitrogens is 4. The first kappa shape index (κ1) is 13.9. The summed E-state index contributed by atoms with van der Waals surface area (Å²) in [5, 5.41) is 7.80. The number of primary amides is 1. The molecule has 1 aliphatic carbocycles. The van der Waals surface area contributed by atoms with Gasteiger partial charge in [-0.1, -0.05) is 12.5 Å². The second kappa shape index (κ2) is 5.15. The van der Waals surface area contributed by atoms with E-state index in [1.54, 1.807) is 18.6 Å². The van der Waals surface area contributed by atoms with Gasteiger partial charge >= 0.3 is 0 Å². The van der Waals surface area contributed by atoms with Gasteiger partial charge in [0.1, 0.15) is 0 Å². The number of rotatable bonds is 3. The minimum atomic E-state index is -0.715. The second-order valence-corrected chi connectivity index (χ2v) is 6.10. The van der Waals surface area contributed by atoms with Crippen LogP contribution in [0, 0.1) is 0 Å². The van der Waals surface area contributed by atoms with Crippen molar-refractivity contribution in [2.45, 2.75) is 30.6 Å². The van der Waals surface area contributed by atoms with Gasteiger partial charge in [-0.05, 0) is 36.1 Å². The van der Waals surface area contributed by atoms with E-state index in [4.69, 9.17) is 5.73 Å². The Hall–Kier alpha value is -2.76. The van der Waals surface area contributed by atoms with E-state index in [1.807, 2.05) is 18.3 Å². The van der Waals surface area contributed by atoms with Crippen LogP contribution >= 0.6 is 0 Å². The van der Waals surface area contributed by atoms with Gasteiger partial charge in [0.15, 0.2) is 5.65 Å². The molecule has 1 amide bonds. The molecule has 2 unspecified atom stereocenters. The zero-order valence-corrected chi connectivity index (χ0v) is 12.6. The van der Waals surface area contributed by atoms with Gasteiger partial charge in [-0.3, -0.25) is 14.9 Å². The molecular formula is C17H17N5O. The van der Waals surface area contributed by atoms with Gasteiger partial charge in [0.05, 0.1) is 11.6 Å². The predicted molar refractivity (Wildman–Crippen MR) is 85.6 cm³/mol. The maximum absolute atomic E-state index is 12.5. The Morgan fingerprint density at radius 1 is 1.35 bits per heavy atom. The van der Waals surface area contributed by atoms with Gasteiger partial charge in [0.2, 0.25) is 5.91 Å². The number of hydrogen-bond donors (Lipinski definition) is 2. The van der Waals surface area contributed by atoms with Crippen LogP contribution in [0.15, 0.2) is 43.0 Å². The maximum Gasteiger partial charge on any atom is 0.228 e. The highest BCUT2D eigenvalue weighted by Gasteiger charge is 2.50. The summed E-state index contributed by atoms with van der Waals surface area (Å²) >= 11 is 0. The summed E-state index contributed by atoms with van der Waals surface area (Å²) < 4.78 is 0. The quantitative estimate of drug-likeness (QED) is 0.773. The molecule has 1 aliphatic rings. The number of fused-ring (bicyclic) bond motifs is 1. The summed E-state index contributed by atoms with van der Waals surface area (Å²) in [5.41, 5.74) is 7.83. The van der Waals surface area contributed by atoms with Crippen molar-refractivity contribution in [3.63, 3.8) is 0 Å². The van der Waals surface area contributed by atoms with Crippen molar-refractivity contribution < 1.29 is 4.79 Å². The topological polar surface area (TPSA) is 97.5 Å². The van der Waals surface area contributed by atoms with E-state index in [-0.39, 0.29) is 11.8 Å². The van der Waals surface area contributed by atoms with Crippen molar-refractivity contribution in [1.82, 2.24) is 20.2 Å². The van der Waals surface area contributed by atoms with Gasteiger partial charge in [-0.15, -0.1) is 0 Å². The maximum atomic E-state index is 12.5. The molecule has 0 aromatic carbocycles. The summed E-state index contributed by atoms with van der Waals surface area (Å²) in [7, 11) is 0. The van der Waals surface area contributed by atoms with E-state index in [0.717, 1.165) is 41.4 Å². The van der Waals surface area contributed by atoms with Crippen LogP contribution in [-0.2, 0) is 10.2 Å². The fraction of sp³-hybridized carbons (Fsp3) is 0.294. The van der Waals surface area contributed by atoms with Gasteiger partial charge < -0.3 is 5.73 Å². The van der Waals surface area contributed by atoms with Crippen molar-refractivity contribution in [2.24, 2.45) is 5.73 Å². The second-order valence-electron chi connectivity index (χ2n) is 6.10. The molecule has 0 saturated heterocycles. The van der Waals surface area contributed by atoms with Crippen LogP contribution < -0.4 is 5.73 Å². The number of carbonyl (C=O) groups is 1. The summed E-state index contributed by atoms with van der Waals surface area (Å²) in [6.07, 6.45) is 9.63. The van der Waals surface area contributed by atoms with Crippen molar-refractivity contribution >= 4 is 16.9 Å². The van der Waals surface area contributed by atoms with Crippen LogP contribution in [0.4, 0.5) is 0 Å². The summed E-state index contributed by atoms with van der Waals surface area (Å²) in [5.74, 6) is -0.281. The number of nitrogens with two attached hydrogens (primary N) is 1. The number of pyridine rings is 2. The lowest BCUT2D eigenvalue weighted by molar-refractivity contribution is -0.123. The predicted octanol–water partition coefficient (Wildman–Crippen LogP) is 2.04. The summed E-state index contributed by atoms with van der Waals surface area (Å²) in [4.78, 5) is 21.1. The largest absolute Gasteiger partial charge is 0.369 e. The molecule has 116 valence electrons. The molecule has 3 heterocycles. The van der Waals surface area contributed by atoms with Crippen LogP contribution in [0.25, 0.3) is 11.0 Å². The molecule has 3 N–H and O–H groups in total. The minimum absolute atomic E-state index is 0.0102. The lowest BCUT2D eigenvalue weighted by atomic mass is 9.69. The molecule has 3 aromatic rings. The number of nitrogens with one attached hydrogen (secondary N) is 1. The average molecular weight is 307 g/mol. The van der Waals surface area contributed by atoms with Crippen LogP contribution in [0.2, 0.25) is 0 Å². The highest BCUT2D eigenvalue weighted by Crippen LogP contribution is 2.51. The van der Waals surface area contributed by atoms with E-state index >= 15 is 0 Å². The Morgan fingerprint density at radius 2 is 2.26 bits per heavy atom. The van der Waals surface area contributed by atoms with Crippen LogP contribution in [-0.4, -0.2) is 26.1 Å². The molecule has 23 heavy (non-hydrogen) atoms. The van der Waals surface area contributed by atoms with Crippen molar-refractivity contribution in [2.75, 3.05) is 0 Å². The molecule has 6 heteroatoms. The molecule has 1 fully saturated rings. The zero-order valence-electron chi connectivity index (χ0n) is 12.6. The van der Waals surface area contributed by atoms with Crippen LogP contribution in [0.3, 0.4) is 0 Å². The van der Waals surface area contributed by atoms with Crippen molar-refractivity contribution in [3.8, 4) is 0 Å². The molecule has 0 bridgehead atoms. The molecule has 2 atom stereocenters. The van der Waals surface area contributed by atoms with E-state index in [2.05, 4.69) is 26.2 Å². The Kier molecular flexibility index (Phi) is 3.11. The molecule has 0 aliphatic heterocycles.